The third kappa shape index (κ3) is 9.82. The molecule has 0 spiro atoms. The molecule has 30 heavy (non-hydrogen) atoms. The van der Waals surface area contributed by atoms with Crippen molar-refractivity contribution in [3.8, 4) is 0 Å². The van der Waals surface area contributed by atoms with E-state index >= 15 is 0 Å². The minimum absolute atomic E-state index is 0.198. The second kappa shape index (κ2) is 14.5. The fraction of sp³-hybridized carbons (Fsp3) is 0.571. The Hall–Kier alpha value is -2.49. The predicted molar refractivity (Wildman–Crippen MR) is 108 cm³/mol. The van der Waals surface area contributed by atoms with Gasteiger partial charge in [0.2, 0.25) is 0 Å². The van der Waals surface area contributed by atoms with Crippen LogP contribution in [0.1, 0.15) is 46.5 Å². The quantitative estimate of drug-likeness (QED) is 0.196. The van der Waals surface area contributed by atoms with Crippen molar-refractivity contribution < 1.29 is 42.8 Å². The third-order valence-corrected chi connectivity index (χ3v) is 3.28. The molecular weight excluding hydrogens is 396 g/mol. The van der Waals surface area contributed by atoms with Crippen LogP contribution in [0.15, 0.2) is 38.0 Å². The topological polar surface area (TPSA) is 107 Å². The standard InChI is InChI=1S/C21H32O9/c1-7-13-25-20(26-14-8-2,27-15-9-3)16-21(28-17(22)10-4,29-18(23)11-5)30-19(24)12-6/h10-12H,4-9,13-16H2,1-3H3. The minimum atomic E-state index is -2.59. The monoisotopic (exact) mass is 428 g/mol. The first kappa shape index (κ1) is 27.5. The lowest BCUT2D eigenvalue weighted by atomic mass is 10.2. The second-order valence-corrected chi connectivity index (χ2v) is 5.96. The molecule has 0 unspecified atom stereocenters. The Balaban J connectivity index is 6.36. The van der Waals surface area contributed by atoms with Crippen LogP contribution < -0.4 is 0 Å². The van der Waals surface area contributed by atoms with Crippen molar-refractivity contribution in [1.29, 1.82) is 0 Å². The molecule has 0 aliphatic carbocycles. The fourth-order valence-corrected chi connectivity index (χ4v) is 2.07. The zero-order valence-corrected chi connectivity index (χ0v) is 18.0. The zero-order chi connectivity index (χ0) is 23.0. The van der Waals surface area contributed by atoms with E-state index in [-0.39, 0.29) is 19.8 Å². The summed E-state index contributed by atoms with van der Waals surface area (Å²) in [6.07, 6.45) is 3.62. The third-order valence-electron chi connectivity index (χ3n) is 3.28. The van der Waals surface area contributed by atoms with E-state index in [9.17, 15) is 14.4 Å². The first-order chi connectivity index (χ1) is 14.3. The molecule has 170 valence electrons. The lowest BCUT2D eigenvalue weighted by molar-refractivity contribution is -0.433. The Morgan fingerprint density at radius 3 is 1.17 bits per heavy atom. The highest BCUT2D eigenvalue weighted by molar-refractivity contribution is 5.85. The van der Waals surface area contributed by atoms with Gasteiger partial charge in [-0.25, -0.2) is 14.4 Å². The number of hydrogen-bond donors (Lipinski definition) is 0. The summed E-state index contributed by atoms with van der Waals surface area (Å²) in [4.78, 5) is 36.0. The van der Waals surface area contributed by atoms with Crippen molar-refractivity contribution in [2.75, 3.05) is 19.8 Å². The van der Waals surface area contributed by atoms with Gasteiger partial charge in [0.25, 0.3) is 5.97 Å². The van der Waals surface area contributed by atoms with E-state index in [1.54, 1.807) is 0 Å². The van der Waals surface area contributed by atoms with Gasteiger partial charge in [-0.1, -0.05) is 40.5 Å². The molecule has 0 atom stereocenters. The van der Waals surface area contributed by atoms with E-state index in [0.717, 1.165) is 18.2 Å². The largest absolute Gasteiger partial charge is 0.432 e. The molecule has 9 nitrogen and oxygen atoms in total. The molecule has 0 aliphatic heterocycles. The number of hydrogen-bond acceptors (Lipinski definition) is 9. The lowest BCUT2D eigenvalue weighted by Gasteiger charge is -2.39. The van der Waals surface area contributed by atoms with Gasteiger partial charge in [-0.15, -0.1) is 0 Å². The van der Waals surface area contributed by atoms with Crippen LogP contribution in [-0.4, -0.2) is 49.7 Å². The molecule has 0 fully saturated rings. The smallest absolute Gasteiger partial charge is 0.385 e. The summed E-state index contributed by atoms with van der Waals surface area (Å²) >= 11 is 0. The van der Waals surface area contributed by atoms with Crippen molar-refractivity contribution in [3.05, 3.63) is 38.0 Å². The van der Waals surface area contributed by atoms with Gasteiger partial charge in [-0.3, -0.25) is 0 Å². The van der Waals surface area contributed by atoms with Crippen LogP contribution >= 0.6 is 0 Å². The van der Waals surface area contributed by atoms with Gasteiger partial charge in [0.05, 0.1) is 19.8 Å². The van der Waals surface area contributed by atoms with Crippen LogP contribution in [0.25, 0.3) is 0 Å². The maximum atomic E-state index is 12.0. The van der Waals surface area contributed by atoms with E-state index in [1.807, 2.05) is 20.8 Å². The maximum Gasteiger partial charge on any atom is 0.432 e. The van der Waals surface area contributed by atoms with Crippen LogP contribution in [0, 0.1) is 0 Å². The highest BCUT2D eigenvalue weighted by Gasteiger charge is 2.53. The fourth-order valence-electron chi connectivity index (χ4n) is 2.07. The van der Waals surface area contributed by atoms with Crippen LogP contribution in [0.2, 0.25) is 0 Å². The molecule has 0 rings (SSSR count). The normalized spacial score (nSPS) is 11.3. The summed E-state index contributed by atoms with van der Waals surface area (Å²) in [7, 11) is 0. The Morgan fingerprint density at radius 2 is 0.933 bits per heavy atom. The average molecular weight is 428 g/mol. The molecule has 0 aliphatic rings. The molecule has 0 saturated carbocycles. The van der Waals surface area contributed by atoms with Gasteiger partial charge in [0.15, 0.2) is 0 Å². The van der Waals surface area contributed by atoms with Crippen molar-refractivity contribution >= 4 is 17.9 Å². The predicted octanol–water partition coefficient (Wildman–Crippen LogP) is 3.15. The van der Waals surface area contributed by atoms with Crippen LogP contribution in [0.4, 0.5) is 0 Å². The van der Waals surface area contributed by atoms with Crippen molar-refractivity contribution in [2.24, 2.45) is 0 Å². The molecule has 0 N–H and O–H groups in total. The molecular formula is C21H32O9. The molecule has 0 amide bonds. The van der Waals surface area contributed by atoms with E-state index < -0.39 is 36.3 Å². The molecule has 0 aromatic heterocycles. The van der Waals surface area contributed by atoms with Crippen LogP contribution in [-0.2, 0) is 42.8 Å². The molecule has 9 heteroatoms. The molecule has 0 aromatic rings. The number of ether oxygens (including phenoxy) is 6. The molecule has 0 radical (unpaired) electrons. The van der Waals surface area contributed by atoms with Gasteiger partial charge in [-0.05, 0) is 19.3 Å². The first-order valence-electron chi connectivity index (χ1n) is 9.73. The van der Waals surface area contributed by atoms with Gasteiger partial charge < -0.3 is 28.4 Å². The lowest BCUT2D eigenvalue weighted by Crippen LogP contribution is -2.53. The average Bonchev–Trinajstić information content (AvgIpc) is 2.74. The SMILES string of the molecule is C=CC(=O)OC(CC(OCCC)(OCCC)OCCC)(OC(=O)C=C)OC(=O)C=C. The van der Waals surface area contributed by atoms with Gasteiger partial charge >= 0.3 is 23.9 Å². The maximum absolute atomic E-state index is 12.0. The summed E-state index contributed by atoms with van der Waals surface area (Å²) in [5, 5.41) is 0. The Labute approximate surface area is 177 Å². The molecule has 0 bridgehead atoms. The van der Waals surface area contributed by atoms with Crippen LogP contribution in [0.5, 0.6) is 0 Å². The molecule has 0 saturated heterocycles. The van der Waals surface area contributed by atoms with E-state index in [1.165, 1.54) is 0 Å². The van der Waals surface area contributed by atoms with Crippen molar-refractivity contribution in [3.63, 3.8) is 0 Å². The Bertz CT molecular complexity index is 520. The molecule has 0 aromatic carbocycles. The Morgan fingerprint density at radius 1 is 0.633 bits per heavy atom. The zero-order valence-electron chi connectivity index (χ0n) is 18.0. The van der Waals surface area contributed by atoms with Crippen molar-refractivity contribution in [2.45, 2.75) is 58.4 Å². The number of rotatable bonds is 17. The van der Waals surface area contributed by atoms with Gasteiger partial charge in [0, 0.05) is 18.2 Å². The first-order valence-corrected chi connectivity index (χ1v) is 9.73. The number of carbonyl (C=O) groups excluding carboxylic acids is 3. The van der Waals surface area contributed by atoms with E-state index in [4.69, 9.17) is 28.4 Å². The van der Waals surface area contributed by atoms with Gasteiger partial charge in [-0.2, -0.15) is 0 Å². The highest BCUT2D eigenvalue weighted by Crippen LogP contribution is 2.33. The molecule has 0 heterocycles. The van der Waals surface area contributed by atoms with Crippen LogP contribution in [0.3, 0.4) is 0 Å². The summed E-state index contributed by atoms with van der Waals surface area (Å²) < 4.78 is 32.8. The van der Waals surface area contributed by atoms with E-state index in [0.29, 0.717) is 19.3 Å². The van der Waals surface area contributed by atoms with Gasteiger partial charge in [0.1, 0.15) is 6.42 Å². The Kier molecular flexibility index (Phi) is 13.3. The van der Waals surface area contributed by atoms with Crippen molar-refractivity contribution in [1.82, 2.24) is 0 Å². The summed E-state index contributed by atoms with van der Waals surface area (Å²) in [5.41, 5.74) is 0. The summed E-state index contributed by atoms with van der Waals surface area (Å²) in [6.45, 7) is 16.1. The van der Waals surface area contributed by atoms with E-state index in [2.05, 4.69) is 19.7 Å². The highest BCUT2D eigenvalue weighted by atomic mass is 16.9. The second-order valence-electron chi connectivity index (χ2n) is 5.96. The number of carbonyl (C=O) groups is 3. The summed E-state index contributed by atoms with van der Waals surface area (Å²) in [5.74, 6) is -7.51. The summed E-state index contributed by atoms with van der Waals surface area (Å²) in [6, 6.07) is 0. The minimum Gasteiger partial charge on any atom is -0.385 e. The number of esters is 3.